The molecule has 0 saturated carbocycles. The Morgan fingerprint density at radius 2 is 1.70 bits per heavy atom. The molecule has 2 aromatic rings. The number of carbonyl (C=O) groups excluding carboxylic acids is 2. The lowest BCUT2D eigenvalue weighted by Gasteiger charge is -2.43. The number of hydrogen-bond acceptors (Lipinski definition) is 11. The summed E-state index contributed by atoms with van der Waals surface area (Å²) in [5.74, 6) is 1.05. The maximum atomic E-state index is 12.5. The summed E-state index contributed by atoms with van der Waals surface area (Å²) < 4.78 is 16.9. The molecule has 4 heterocycles. The van der Waals surface area contributed by atoms with E-state index >= 15 is 0 Å². The monoisotopic (exact) mass is 638 g/mol. The second-order valence-electron chi connectivity index (χ2n) is 13.2. The number of methoxy groups -OCH3 is 1. The van der Waals surface area contributed by atoms with Crippen molar-refractivity contribution < 1.29 is 23.8 Å². The number of piperidine rings is 1. The van der Waals surface area contributed by atoms with Crippen LogP contribution in [0.4, 0.5) is 27.8 Å². The van der Waals surface area contributed by atoms with Gasteiger partial charge in [0.15, 0.2) is 17.3 Å². The smallest absolute Gasteiger partial charge is 0.410 e. The average Bonchev–Trinajstić information content (AvgIpc) is 3.04. The molecule has 3 saturated heterocycles. The van der Waals surface area contributed by atoms with Crippen LogP contribution in [0, 0.1) is 0 Å². The maximum absolute atomic E-state index is 12.5. The van der Waals surface area contributed by atoms with E-state index in [0.29, 0.717) is 56.1 Å². The fourth-order valence-corrected chi connectivity index (χ4v) is 6.35. The van der Waals surface area contributed by atoms with Crippen LogP contribution in [0.25, 0.3) is 0 Å². The quantitative estimate of drug-likeness (QED) is 0.366. The summed E-state index contributed by atoms with van der Waals surface area (Å²) in [5, 5.41) is 6.79. The number of piperazine rings is 1. The minimum Gasteiger partial charge on any atom is -0.495 e. The zero-order valence-corrected chi connectivity index (χ0v) is 27.9. The summed E-state index contributed by atoms with van der Waals surface area (Å²) in [5.41, 5.74) is 7.79. The van der Waals surface area contributed by atoms with Gasteiger partial charge in [0, 0.05) is 76.3 Å². The van der Waals surface area contributed by atoms with Gasteiger partial charge in [0.05, 0.1) is 18.5 Å². The van der Waals surface area contributed by atoms with Crippen molar-refractivity contribution in [2.45, 2.75) is 77.5 Å². The Bertz CT molecular complexity index is 1360. The molecule has 46 heavy (non-hydrogen) atoms. The van der Waals surface area contributed by atoms with Gasteiger partial charge in [0.25, 0.3) is 5.91 Å². The van der Waals surface area contributed by atoms with Crippen molar-refractivity contribution in [3.8, 4) is 5.75 Å². The first-order chi connectivity index (χ1) is 22.0. The third-order valence-corrected chi connectivity index (χ3v) is 8.83. The van der Waals surface area contributed by atoms with E-state index in [0.717, 1.165) is 69.0 Å². The third kappa shape index (κ3) is 8.30. The number of benzene rings is 1. The molecule has 0 spiro atoms. The highest BCUT2D eigenvalue weighted by molar-refractivity contribution is 5.96. The van der Waals surface area contributed by atoms with E-state index in [1.807, 2.05) is 50.8 Å². The first-order valence-electron chi connectivity index (χ1n) is 16.5. The maximum Gasteiger partial charge on any atom is 0.410 e. The Labute approximate surface area is 272 Å². The molecule has 0 bridgehead atoms. The normalized spacial score (nSPS) is 18.7. The molecule has 2 amide bonds. The Balaban J connectivity index is 1.22. The number of nitrogens with one attached hydrogen (secondary N) is 2. The summed E-state index contributed by atoms with van der Waals surface area (Å²) in [6.45, 7) is 14.0. The number of primary amides is 1. The zero-order valence-electron chi connectivity index (χ0n) is 27.9. The molecule has 0 aliphatic carbocycles. The van der Waals surface area contributed by atoms with Crippen LogP contribution in [0.2, 0.25) is 0 Å². The number of carbonyl (C=O) groups is 2. The van der Waals surface area contributed by atoms with Crippen molar-refractivity contribution >= 4 is 35.0 Å². The number of aryl methyl sites for hydroxylation is 1. The van der Waals surface area contributed by atoms with Crippen LogP contribution >= 0.6 is 0 Å². The average molecular weight is 639 g/mol. The van der Waals surface area contributed by atoms with Gasteiger partial charge in [-0.05, 0) is 65.0 Å². The molecule has 5 rings (SSSR count). The highest BCUT2D eigenvalue weighted by Crippen LogP contribution is 2.35. The Morgan fingerprint density at radius 3 is 2.30 bits per heavy atom. The van der Waals surface area contributed by atoms with Crippen LogP contribution in [-0.2, 0) is 15.9 Å². The first kappa shape index (κ1) is 33.5. The van der Waals surface area contributed by atoms with Gasteiger partial charge in [-0.1, -0.05) is 6.92 Å². The standard InChI is InChI=1S/C33H50N8O5/c1-6-25-30(35-22-11-19-45-20-12-22)38-31(28(37-25)29(34)42)36-23-7-8-26(27(21-23)44-5)40-13-9-24(10-14-40)39-15-17-41(18-16-39)32(43)46-33(2,3)4/h7-8,21-22,24H,6,9-20H2,1-5H3,(H2,34,42)(H2,35,36,38). The van der Waals surface area contributed by atoms with E-state index < -0.39 is 11.5 Å². The topological polar surface area (TPSA) is 147 Å². The minimum absolute atomic E-state index is 0.103. The zero-order chi connectivity index (χ0) is 32.8. The number of anilines is 4. The fraction of sp³-hybridized carbons (Fsp3) is 0.636. The number of hydrogen-bond donors (Lipinski definition) is 3. The van der Waals surface area contributed by atoms with E-state index in [-0.39, 0.29) is 17.8 Å². The molecule has 3 aliphatic heterocycles. The van der Waals surface area contributed by atoms with Crippen molar-refractivity contribution in [3.05, 3.63) is 29.6 Å². The lowest BCUT2D eigenvalue weighted by atomic mass is 10.0. The van der Waals surface area contributed by atoms with Gasteiger partial charge < -0.3 is 40.4 Å². The number of rotatable bonds is 9. The molecular weight excluding hydrogens is 588 g/mol. The molecule has 3 fully saturated rings. The molecule has 1 aromatic carbocycles. The summed E-state index contributed by atoms with van der Waals surface area (Å²) in [6.07, 6.45) is 4.20. The molecule has 4 N–H and O–H groups in total. The number of nitrogens with two attached hydrogens (primary N) is 1. The van der Waals surface area contributed by atoms with Crippen LogP contribution in [0.1, 0.15) is 69.6 Å². The Hall–Kier alpha value is -3.84. The second-order valence-corrected chi connectivity index (χ2v) is 13.2. The highest BCUT2D eigenvalue weighted by Gasteiger charge is 2.31. The van der Waals surface area contributed by atoms with Gasteiger partial charge >= 0.3 is 6.09 Å². The van der Waals surface area contributed by atoms with Gasteiger partial charge in [-0.25, -0.2) is 14.8 Å². The van der Waals surface area contributed by atoms with E-state index in [1.165, 1.54) is 0 Å². The van der Waals surface area contributed by atoms with Crippen LogP contribution in [0.3, 0.4) is 0 Å². The van der Waals surface area contributed by atoms with E-state index in [1.54, 1.807) is 7.11 Å². The van der Waals surface area contributed by atoms with Crippen molar-refractivity contribution in [2.24, 2.45) is 5.73 Å². The molecule has 13 heteroatoms. The van der Waals surface area contributed by atoms with Gasteiger partial charge in [-0.2, -0.15) is 0 Å². The van der Waals surface area contributed by atoms with Gasteiger partial charge in [-0.15, -0.1) is 0 Å². The molecule has 3 aliphatic rings. The number of amides is 2. The van der Waals surface area contributed by atoms with E-state index in [2.05, 4.69) is 25.4 Å². The fourth-order valence-electron chi connectivity index (χ4n) is 6.35. The molecule has 0 atom stereocenters. The van der Waals surface area contributed by atoms with E-state index in [9.17, 15) is 9.59 Å². The predicted octanol–water partition coefficient (Wildman–Crippen LogP) is 4.00. The van der Waals surface area contributed by atoms with Gasteiger partial charge in [-0.3, -0.25) is 9.69 Å². The van der Waals surface area contributed by atoms with Crippen LogP contribution in [-0.4, -0.2) is 109 Å². The van der Waals surface area contributed by atoms with Gasteiger partial charge in [0.2, 0.25) is 0 Å². The Kier molecular flexibility index (Phi) is 10.7. The number of ether oxygens (including phenoxy) is 3. The largest absolute Gasteiger partial charge is 0.495 e. The molecule has 252 valence electrons. The second kappa shape index (κ2) is 14.7. The van der Waals surface area contributed by atoms with Crippen LogP contribution in [0.15, 0.2) is 18.2 Å². The van der Waals surface area contributed by atoms with Crippen LogP contribution in [0.5, 0.6) is 5.75 Å². The van der Waals surface area contributed by atoms with Crippen molar-refractivity contribution in [2.75, 3.05) is 75.1 Å². The number of aromatic nitrogens is 2. The SMILES string of the molecule is CCc1nc(C(N)=O)c(Nc2ccc(N3CCC(N4CCN(C(=O)OC(C)(C)C)CC4)CC3)c(OC)c2)nc1NC1CCOCC1. The summed E-state index contributed by atoms with van der Waals surface area (Å²) in [6, 6.07) is 6.63. The molecule has 13 nitrogen and oxygen atoms in total. The molecule has 1 aromatic heterocycles. The summed E-state index contributed by atoms with van der Waals surface area (Å²) in [7, 11) is 1.67. The van der Waals surface area contributed by atoms with Gasteiger partial charge in [0.1, 0.15) is 11.4 Å². The third-order valence-electron chi connectivity index (χ3n) is 8.83. The molecule has 0 unspecified atom stereocenters. The lowest BCUT2D eigenvalue weighted by molar-refractivity contribution is 0.00901. The molecular formula is C33H50N8O5. The minimum atomic E-state index is -0.639. The number of nitrogens with zero attached hydrogens (tertiary/aromatic N) is 5. The van der Waals surface area contributed by atoms with Crippen molar-refractivity contribution in [3.63, 3.8) is 0 Å². The summed E-state index contributed by atoms with van der Waals surface area (Å²) in [4.78, 5) is 40.9. The lowest BCUT2D eigenvalue weighted by Crippen LogP contribution is -2.55. The van der Waals surface area contributed by atoms with Crippen LogP contribution < -0.4 is 26.0 Å². The van der Waals surface area contributed by atoms with Crippen molar-refractivity contribution in [1.29, 1.82) is 0 Å². The Morgan fingerprint density at radius 1 is 1.00 bits per heavy atom. The first-order valence-corrected chi connectivity index (χ1v) is 16.5. The highest BCUT2D eigenvalue weighted by atomic mass is 16.6. The summed E-state index contributed by atoms with van der Waals surface area (Å²) >= 11 is 0. The predicted molar refractivity (Wildman–Crippen MR) is 178 cm³/mol. The molecule has 0 radical (unpaired) electrons. The van der Waals surface area contributed by atoms with E-state index in [4.69, 9.17) is 24.9 Å². The van der Waals surface area contributed by atoms with Crippen molar-refractivity contribution in [1.82, 2.24) is 19.8 Å².